The minimum absolute atomic E-state index is 0.944. The molecule has 1 aliphatic rings. The van der Waals surface area contributed by atoms with Gasteiger partial charge in [-0.1, -0.05) is 65.2 Å². The van der Waals surface area contributed by atoms with Gasteiger partial charge in [-0.3, -0.25) is 0 Å². The molecule has 0 aromatic rings. The first-order valence-corrected chi connectivity index (χ1v) is 5.66. The lowest BCUT2D eigenvalue weighted by Crippen LogP contribution is -2.08. The molecular weight excluding hydrogens is 144 g/mol. The second-order valence-corrected chi connectivity index (χ2v) is 4.29. The van der Waals surface area contributed by atoms with Crippen LogP contribution >= 0.6 is 0 Å². The summed E-state index contributed by atoms with van der Waals surface area (Å²) >= 11 is 0. The molecule has 0 heteroatoms. The van der Waals surface area contributed by atoms with Gasteiger partial charge in [0.25, 0.3) is 0 Å². The first-order valence-electron chi connectivity index (χ1n) is 5.66. The quantitative estimate of drug-likeness (QED) is 0.578. The fourth-order valence-corrected chi connectivity index (χ4v) is 2.32. The highest BCUT2D eigenvalue weighted by molar-refractivity contribution is 4.68. The van der Waals surface area contributed by atoms with Crippen molar-refractivity contribution in [3.05, 3.63) is 6.92 Å². The summed E-state index contributed by atoms with van der Waals surface area (Å²) in [7, 11) is 0. The molecular formula is C12H23. The summed E-state index contributed by atoms with van der Waals surface area (Å²) in [6, 6.07) is 0. The molecule has 0 bridgehead atoms. The molecule has 0 saturated heterocycles. The van der Waals surface area contributed by atoms with Gasteiger partial charge in [-0.2, -0.15) is 0 Å². The van der Waals surface area contributed by atoms with Crippen molar-refractivity contribution in [2.24, 2.45) is 11.8 Å². The van der Waals surface area contributed by atoms with E-state index < -0.39 is 0 Å². The summed E-state index contributed by atoms with van der Waals surface area (Å²) in [5.74, 6) is 1.97. The van der Waals surface area contributed by atoms with E-state index in [9.17, 15) is 0 Å². The average molecular weight is 167 g/mol. The SMILES string of the molecule is [CH2]CC1CCCCC(CC)CC1. The molecule has 0 aromatic heterocycles. The van der Waals surface area contributed by atoms with Crippen molar-refractivity contribution in [2.75, 3.05) is 0 Å². The van der Waals surface area contributed by atoms with Crippen LogP contribution in [0.25, 0.3) is 0 Å². The lowest BCUT2D eigenvalue weighted by atomic mass is 9.83. The standard InChI is InChI=1S/C12H23/c1-3-11-7-5-6-8-12(4-2)10-9-11/h11-12H,1,3-10H2,2H3. The van der Waals surface area contributed by atoms with Gasteiger partial charge in [0, 0.05) is 0 Å². The largest absolute Gasteiger partial charge is 0.0651 e. The lowest BCUT2D eigenvalue weighted by molar-refractivity contribution is 0.307. The van der Waals surface area contributed by atoms with Gasteiger partial charge in [0.2, 0.25) is 0 Å². The van der Waals surface area contributed by atoms with Crippen LogP contribution in [-0.2, 0) is 0 Å². The van der Waals surface area contributed by atoms with E-state index in [1.807, 2.05) is 0 Å². The molecule has 0 amide bonds. The van der Waals surface area contributed by atoms with Gasteiger partial charge in [-0.15, -0.1) is 0 Å². The van der Waals surface area contributed by atoms with E-state index in [1.54, 1.807) is 0 Å². The van der Waals surface area contributed by atoms with Crippen molar-refractivity contribution in [3.63, 3.8) is 0 Å². The van der Waals surface area contributed by atoms with E-state index in [1.165, 1.54) is 44.9 Å². The molecule has 0 aromatic carbocycles. The van der Waals surface area contributed by atoms with Crippen LogP contribution in [0.5, 0.6) is 0 Å². The van der Waals surface area contributed by atoms with Crippen LogP contribution in [0.1, 0.15) is 58.3 Å². The number of hydrogen-bond donors (Lipinski definition) is 0. The van der Waals surface area contributed by atoms with E-state index in [0.29, 0.717) is 0 Å². The summed E-state index contributed by atoms with van der Waals surface area (Å²) in [6.45, 7) is 6.37. The average Bonchev–Trinajstić information content (AvgIpc) is 2.05. The van der Waals surface area contributed by atoms with E-state index in [0.717, 1.165) is 18.3 Å². The zero-order chi connectivity index (χ0) is 8.81. The van der Waals surface area contributed by atoms with Crippen LogP contribution in [0.15, 0.2) is 0 Å². The fourth-order valence-electron chi connectivity index (χ4n) is 2.32. The normalized spacial score (nSPS) is 32.5. The monoisotopic (exact) mass is 167 g/mol. The van der Waals surface area contributed by atoms with Crippen molar-refractivity contribution < 1.29 is 0 Å². The predicted octanol–water partition coefficient (Wildman–Crippen LogP) is 4.21. The van der Waals surface area contributed by atoms with Crippen LogP contribution < -0.4 is 0 Å². The Balaban J connectivity index is 2.28. The van der Waals surface area contributed by atoms with Crippen LogP contribution in [0.4, 0.5) is 0 Å². The van der Waals surface area contributed by atoms with Gasteiger partial charge in [-0.05, 0) is 11.8 Å². The van der Waals surface area contributed by atoms with Crippen molar-refractivity contribution in [1.82, 2.24) is 0 Å². The molecule has 2 atom stereocenters. The predicted molar refractivity (Wildman–Crippen MR) is 54.9 cm³/mol. The summed E-state index contributed by atoms with van der Waals surface area (Å²) in [5, 5.41) is 0. The van der Waals surface area contributed by atoms with Gasteiger partial charge < -0.3 is 0 Å². The smallest absolute Gasteiger partial charge is 0.0414 e. The molecule has 0 aliphatic heterocycles. The fraction of sp³-hybridized carbons (Fsp3) is 0.917. The van der Waals surface area contributed by atoms with Crippen molar-refractivity contribution in [3.8, 4) is 0 Å². The van der Waals surface area contributed by atoms with Crippen LogP contribution in [0, 0.1) is 18.8 Å². The topological polar surface area (TPSA) is 0 Å². The van der Waals surface area contributed by atoms with E-state index in [-0.39, 0.29) is 0 Å². The maximum Gasteiger partial charge on any atom is -0.0414 e. The molecule has 0 heterocycles. The summed E-state index contributed by atoms with van der Waals surface area (Å²) < 4.78 is 0. The van der Waals surface area contributed by atoms with Gasteiger partial charge in [0.1, 0.15) is 0 Å². The molecule has 1 saturated carbocycles. The first kappa shape index (κ1) is 10.1. The maximum atomic E-state index is 4.03. The van der Waals surface area contributed by atoms with Gasteiger partial charge in [-0.25, -0.2) is 0 Å². The molecule has 0 N–H and O–H groups in total. The summed E-state index contributed by atoms with van der Waals surface area (Å²) in [5.41, 5.74) is 0. The maximum absolute atomic E-state index is 4.03. The minimum atomic E-state index is 0.944. The zero-order valence-electron chi connectivity index (χ0n) is 8.52. The van der Waals surface area contributed by atoms with Crippen molar-refractivity contribution >= 4 is 0 Å². The molecule has 1 rings (SSSR count). The molecule has 71 valence electrons. The minimum Gasteiger partial charge on any atom is -0.0651 e. The van der Waals surface area contributed by atoms with E-state index in [4.69, 9.17) is 0 Å². The molecule has 1 aliphatic carbocycles. The second-order valence-electron chi connectivity index (χ2n) is 4.29. The molecule has 1 radical (unpaired) electrons. The molecule has 2 unspecified atom stereocenters. The molecule has 12 heavy (non-hydrogen) atoms. The highest BCUT2D eigenvalue weighted by atomic mass is 14.2. The molecule has 0 nitrogen and oxygen atoms in total. The summed E-state index contributed by atoms with van der Waals surface area (Å²) in [6.07, 6.45) is 11.3. The third kappa shape index (κ3) is 3.16. The number of rotatable bonds is 2. The summed E-state index contributed by atoms with van der Waals surface area (Å²) in [4.78, 5) is 0. The third-order valence-electron chi connectivity index (χ3n) is 3.44. The van der Waals surface area contributed by atoms with Crippen LogP contribution in [0.2, 0.25) is 0 Å². The number of hydrogen-bond acceptors (Lipinski definition) is 0. The van der Waals surface area contributed by atoms with Gasteiger partial charge in [0.15, 0.2) is 0 Å². The Bertz CT molecular complexity index is 92.6. The Morgan fingerprint density at radius 1 is 1.00 bits per heavy atom. The van der Waals surface area contributed by atoms with Crippen molar-refractivity contribution in [2.45, 2.75) is 58.3 Å². The van der Waals surface area contributed by atoms with E-state index in [2.05, 4.69) is 13.8 Å². The highest BCUT2D eigenvalue weighted by Crippen LogP contribution is 2.29. The first-order chi connectivity index (χ1) is 5.86. The lowest BCUT2D eigenvalue weighted by Gasteiger charge is -2.23. The van der Waals surface area contributed by atoms with Crippen LogP contribution in [-0.4, -0.2) is 0 Å². The Kier molecular flexibility index (Phi) is 4.72. The molecule has 1 fully saturated rings. The van der Waals surface area contributed by atoms with Crippen LogP contribution in [0.3, 0.4) is 0 Å². The third-order valence-corrected chi connectivity index (χ3v) is 3.44. The zero-order valence-corrected chi connectivity index (χ0v) is 8.52. The Morgan fingerprint density at radius 2 is 1.58 bits per heavy atom. The van der Waals surface area contributed by atoms with Gasteiger partial charge in [0.05, 0.1) is 0 Å². The highest BCUT2D eigenvalue weighted by Gasteiger charge is 2.14. The Labute approximate surface area is 77.7 Å². The van der Waals surface area contributed by atoms with Crippen molar-refractivity contribution in [1.29, 1.82) is 0 Å². The Hall–Kier alpha value is 0. The second kappa shape index (κ2) is 5.61. The van der Waals surface area contributed by atoms with E-state index >= 15 is 0 Å². The Morgan fingerprint density at radius 3 is 2.17 bits per heavy atom. The molecule has 0 spiro atoms. The van der Waals surface area contributed by atoms with Gasteiger partial charge >= 0.3 is 0 Å².